The Kier molecular flexibility index (Phi) is 7.68. The van der Waals surface area contributed by atoms with Crippen LogP contribution in [0.15, 0.2) is 41.3 Å². The lowest BCUT2D eigenvalue weighted by Crippen LogP contribution is -2.50. The largest absolute Gasteiger partial charge is 0.493 e. The Bertz CT molecular complexity index is 1050. The lowest BCUT2D eigenvalue weighted by molar-refractivity contribution is 0.0697. The average molecular weight is 469 g/mol. The van der Waals surface area contributed by atoms with Gasteiger partial charge in [-0.05, 0) is 36.8 Å². The highest BCUT2D eigenvalue weighted by Crippen LogP contribution is 2.29. The predicted molar refractivity (Wildman–Crippen MR) is 114 cm³/mol. The van der Waals surface area contributed by atoms with Gasteiger partial charge in [0, 0.05) is 31.7 Å². The molecule has 1 aliphatic heterocycles. The molecule has 0 bridgehead atoms. The van der Waals surface area contributed by atoms with E-state index < -0.39 is 26.6 Å². The molecule has 10 heteroatoms. The third-order valence-corrected chi connectivity index (χ3v) is 7.16. The topological polar surface area (TPSA) is 76.2 Å². The summed E-state index contributed by atoms with van der Waals surface area (Å²) in [4.78, 5) is 13.4. The molecule has 1 heterocycles. The zero-order valence-electron chi connectivity index (χ0n) is 18.0. The van der Waals surface area contributed by atoms with Crippen molar-refractivity contribution in [3.63, 3.8) is 0 Å². The first kappa shape index (κ1) is 23.9. The minimum Gasteiger partial charge on any atom is -0.493 e. The van der Waals surface area contributed by atoms with E-state index in [0.717, 1.165) is 35.3 Å². The van der Waals surface area contributed by atoms with Crippen molar-refractivity contribution in [3.05, 3.63) is 53.6 Å². The van der Waals surface area contributed by atoms with Crippen molar-refractivity contribution in [3.8, 4) is 11.5 Å². The van der Waals surface area contributed by atoms with Crippen molar-refractivity contribution >= 4 is 15.9 Å². The van der Waals surface area contributed by atoms with E-state index in [0.29, 0.717) is 23.7 Å². The summed E-state index contributed by atoms with van der Waals surface area (Å²) in [5.74, 6) is -1.60. The van der Waals surface area contributed by atoms with E-state index >= 15 is 0 Å². The fourth-order valence-corrected chi connectivity index (χ4v) is 4.95. The molecule has 0 saturated carbocycles. The van der Waals surface area contributed by atoms with Crippen LogP contribution in [0.3, 0.4) is 0 Å². The summed E-state index contributed by atoms with van der Waals surface area (Å²) in [5.41, 5.74) is 0.376. The Balaban J connectivity index is 1.69. The van der Waals surface area contributed by atoms with Crippen LogP contribution in [-0.4, -0.2) is 63.4 Å². The Morgan fingerprint density at radius 3 is 2.28 bits per heavy atom. The van der Waals surface area contributed by atoms with Crippen molar-refractivity contribution in [2.75, 3.05) is 39.9 Å². The van der Waals surface area contributed by atoms with Crippen LogP contribution in [0.5, 0.6) is 11.5 Å². The first-order chi connectivity index (χ1) is 15.3. The number of nitrogens with zero attached hydrogens (tertiary/aromatic N) is 2. The third kappa shape index (κ3) is 5.02. The van der Waals surface area contributed by atoms with Gasteiger partial charge < -0.3 is 14.4 Å². The Morgan fingerprint density at radius 2 is 1.69 bits per heavy atom. The van der Waals surface area contributed by atoms with Crippen LogP contribution in [0.25, 0.3) is 0 Å². The van der Waals surface area contributed by atoms with Gasteiger partial charge >= 0.3 is 0 Å². The van der Waals surface area contributed by atoms with E-state index in [1.165, 1.54) is 12.0 Å². The second-order valence-electron chi connectivity index (χ2n) is 7.31. The Hall–Kier alpha value is -2.72. The summed E-state index contributed by atoms with van der Waals surface area (Å²) >= 11 is 0. The number of hydrogen-bond acceptors (Lipinski definition) is 5. The molecule has 174 valence electrons. The number of methoxy groups -OCH3 is 1. The number of carbonyl (C=O) groups excluding carboxylic acids is 1. The van der Waals surface area contributed by atoms with Gasteiger partial charge in [-0.3, -0.25) is 4.79 Å². The normalized spacial score (nSPS) is 14.9. The van der Waals surface area contributed by atoms with Crippen molar-refractivity contribution in [1.82, 2.24) is 9.21 Å². The van der Waals surface area contributed by atoms with E-state index in [-0.39, 0.29) is 32.1 Å². The van der Waals surface area contributed by atoms with Gasteiger partial charge in [0.15, 0.2) is 16.4 Å². The summed E-state index contributed by atoms with van der Waals surface area (Å²) in [5, 5.41) is 0. The van der Waals surface area contributed by atoms with Crippen molar-refractivity contribution in [1.29, 1.82) is 0 Å². The molecule has 1 fully saturated rings. The van der Waals surface area contributed by atoms with Crippen LogP contribution in [-0.2, 0) is 10.0 Å². The highest BCUT2D eigenvalue weighted by atomic mass is 32.2. The molecule has 0 atom stereocenters. The van der Waals surface area contributed by atoms with Gasteiger partial charge in [0.25, 0.3) is 5.91 Å². The number of sulfonamides is 1. The number of piperazine rings is 1. The predicted octanol–water partition coefficient (Wildman–Crippen LogP) is 3.30. The summed E-state index contributed by atoms with van der Waals surface area (Å²) in [7, 11) is -2.87. The molecule has 2 aromatic rings. The van der Waals surface area contributed by atoms with Crippen LogP contribution in [0.2, 0.25) is 0 Å². The monoisotopic (exact) mass is 468 g/mol. The maximum Gasteiger partial charge on any atom is 0.254 e. The Labute approximate surface area is 186 Å². The zero-order valence-corrected chi connectivity index (χ0v) is 18.8. The van der Waals surface area contributed by atoms with E-state index in [9.17, 15) is 22.0 Å². The fourth-order valence-electron chi connectivity index (χ4n) is 3.42. The van der Waals surface area contributed by atoms with Crippen molar-refractivity contribution in [2.24, 2.45) is 0 Å². The molecule has 2 aromatic carbocycles. The molecule has 3 rings (SSSR count). The summed E-state index contributed by atoms with van der Waals surface area (Å²) in [6.45, 7) is 2.63. The standard InChI is InChI=1S/C22H26F2N2O5S/c1-3-4-14-31-19-9-8-16(15-20(19)30-2)22(27)25-10-12-26(13-11-25)32(28,29)21-17(23)6-5-7-18(21)24/h5-9,15H,3-4,10-14H2,1-2H3. The first-order valence-electron chi connectivity index (χ1n) is 10.3. The van der Waals surface area contributed by atoms with E-state index in [1.807, 2.05) is 0 Å². The zero-order chi connectivity index (χ0) is 23.3. The molecule has 1 saturated heterocycles. The van der Waals surface area contributed by atoms with Crippen molar-refractivity contribution < 1.29 is 31.5 Å². The number of halogens is 2. The SMILES string of the molecule is CCCCOc1ccc(C(=O)N2CCN(S(=O)(=O)c3c(F)cccc3F)CC2)cc1OC. The molecule has 0 spiro atoms. The van der Waals surface area contributed by atoms with Gasteiger partial charge in [0.05, 0.1) is 13.7 Å². The summed E-state index contributed by atoms with van der Waals surface area (Å²) in [6.07, 6.45) is 1.89. The van der Waals surface area contributed by atoms with E-state index in [4.69, 9.17) is 9.47 Å². The van der Waals surface area contributed by atoms with Gasteiger partial charge in [0.2, 0.25) is 10.0 Å². The van der Waals surface area contributed by atoms with E-state index in [2.05, 4.69) is 6.92 Å². The van der Waals surface area contributed by atoms with Crippen LogP contribution < -0.4 is 9.47 Å². The van der Waals surface area contributed by atoms with Gasteiger partial charge in [-0.15, -0.1) is 0 Å². The molecule has 7 nitrogen and oxygen atoms in total. The lowest BCUT2D eigenvalue weighted by atomic mass is 10.1. The minimum atomic E-state index is -4.36. The van der Waals surface area contributed by atoms with Gasteiger partial charge in [-0.2, -0.15) is 4.31 Å². The molecule has 1 amide bonds. The molecule has 0 aromatic heterocycles. The highest BCUT2D eigenvalue weighted by molar-refractivity contribution is 7.89. The number of ether oxygens (including phenoxy) is 2. The van der Waals surface area contributed by atoms with Crippen LogP contribution in [0, 0.1) is 11.6 Å². The quantitative estimate of drug-likeness (QED) is 0.556. The number of unbranched alkanes of at least 4 members (excludes halogenated alkanes) is 1. The first-order valence-corrected chi connectivity index (χ1v) is 11.8. The summed E-state index contributed by atoms with van der Waals surface area (Å²) in [6, 6.07) is 7.79. The second-order valence-corrected chi connectivity index (χ2v) is 9.19. The molecule has 32 heavy (non-hydrogen) atoms. The number of hydrogen-bond donors (Lipinski definition) is 0. The number of rotatable bonds is 8. The number of amides is 1. The lowest BCUT2D eigenvalue weighted by Gasteiger charge is -2.34. The molecule has 0 radical (unpaired) electrons. The number of benzene rings is 2. The smallest absolute Gasteiger partial charge is 0.254 e. The average Bonchev–Trinajstić information content (AvgIpc) is 2.78. The van der Waals surface area contributed by atoms with Crippen LogP contribution in [0.4, 0.5) is 8.78 Å². The van der Waals surface area contributed by atoms with Crippen LogP contribution in [0.1, 0.15) is 30.1 Å². The van der Waals surface area contributed by atoms with Crippen LogP contribution >= 0.6 is 0 Å². The fraction of sp³-hybridized carbons (Fsp3) is 0.409. The van der Waals surface area contributed by atoms with Crippen molar-refractivity contribution in [2.45, 2.75) is 24.7 Å². The van der Waals surface area contributed by atoms with Gasteiger partial charge in [-0.25, -0.2) is 17.2 Å². The number of carbonyl (C=O) groups is 1. The highest BCUT2D eigenvalue weighted by Gasteiger charge is 2.34. The third-order valence-electron chi connectivity index (χ3n) is 5.21. The molecule has 0 aliphatic carbocycles. The minimum absolute atomic E-state index is 0.0722. The Morgan fingerprint density at radius 1 is 1.03 bits per heavy atom. The maximum atomic E-state index is 14.0. The molecule has 1 aliphatic rings. The summed E-state index contributed by atoms with van der Waals surface area (Å²) < 4.78 is 65.4. The molecule has 0 unspecified atom stereocenters. The van der Waals surface area contributed by atoms with E-state index in [1.54, 1.807) is 18.2 Å². The van der Waals surface area contributed by atoms with Gasteiger partial charge in [-0.1, -0.05) is 19.4 Å². The molecular formula is C22H26F2N2O5S. The second kappa shape index (κ2) is 10.3. The molecular weight excluding hydrogens is 442 g/mol. The molecule has 0 N–H and O–H groups in total. The maximum absolute atomic E-state index is 14.0. The van der Waals surface area contributed by atoms with Gasteiger partial charge in [0.1, 0.15) is 11.6 Å².